The second-order valence-corrected chi connectivity index (χ2v) is 4.35. The van der Waals surface area contributed by atoms with Gasteiger partial charge in [-0.1, -0.05) is 36.8 Å². The van der Waals surface area contributed by atoms with Gasteiger partial charge in [-0.05, 0) is 24.8 Å². The maximum Gasteiger partial charge on any atom is 0.310 e. The van der Waals surface area contributed by atoms with E-state index in [1.807, 2.05) is 30.3 Å². The number of rotatable bonds is 10. The summed E-state index contributed by atoms with van der Waals surface area (Å²) in [6.07, 6.45) is 3.37. The van der Waals surface area contributed by atoms with Crippen molar-refractivity contribution in [2.75, 3.05) is 13.2 Å². The van der Waals surface area contributed by atoms with Crippen LogP contribution in [0.3, 0.4) is 0 Å². The SMILES string of the molecule is O=C(Cc1ccccc1)OCCCCCCO[N+](=O)[O-]. The molecule has 0 spiro atoms. The maximum atomic E-state index is 11.5. The topological polar surface area (TPSA) is 78.7 Å². The Balaban J connectivity index is 1.96. The quantitative estimate of drug-likeness (QED) is 0.285. The molecule has 1 aromatic carbocycles. The van der Waals surface area contributed by atoms with Crippen LogP contribution in [0.1, 0.15) is 31.2 Å². The highest BCUT2D eigenvalue weighted by Gasteiger charge is 2.03. The Morgan fingerprint density at radius 1 is 1.05 bits per heavy atom. The lowest BCUT2D eigenvalue weighted by Crippen LogP contribution is -2.09. The van der Waals surface area contributed by atoms with Gasteiger partial charge in [0.15, 0.2) is 0 Å². The number of benzene rings is 1. The van der Waals surface area contributed by atoms with Crippen LogP contribution >= 0.6 is 0 Å². The summed E-state index contributed by atoms with van der Waals surface area (Å²) < 4.78 is 5.11. The zero-order chi connectivity index (χ0) is 14.6. The predicted molar refractivity (Wildman–Crippen MR) is 72.5 cm³/mol. The highest BCUT2D eigenvalue weighted by Crippen LogP contribution is 2.03. The molecule has 0 aliphatic carbocycles. The third kappa shape index (κ3) is 8.07. The second-order valence-electron chi connectivity index (χ2n) is 4.35. The fraction of sp³-hybridized carbons (Fsp3) is 0.500. The van der Waals surface area contributed by atoms with Crippen LogP contribution in [0.2, 0.25) is 0 Å². The van der Waals surface area contributed by atoms with E-state index in [-0.39, 0.29) is 19.0 Å². The average Bonchev–Trinajstić information content (AvgIpc) is 2.42. The molecule has 0 saturated carbocycles. The Labute approximate surface area is 117 Å². The monoisotopic (exact) mass is 281 g/mol. The second kappa shape index (κ2) is 9.77. The number of nitrogens with zero attached hydrogens (tertiary/aromatic N) is 1. The van der Waals surface area contributed by atoms with Crippen LogP contribution in [-0.2, 0) is 20.8 Å². The number of esters is 1. The molecule has 0 aliphatic rings. The van der Waals surface area contributed by atoms with Crippen molar-refractivity contribution in [3.05, 3.63) is 46.0 Å². The van der Waals surface area contributed by atoms with Gasteiger partial charge in [-0.2, -0.15) is 0 Å². The lowest BCUT2D eigenvalue weighted by Gasteiger charge is -2.05. The van der Waals surface area contributed by atoms with E-state index in [1.54, 1.807) is 0 Å². The summed E-state index contributed by atoms with van der Waals surface area (Å²) in [4.78, 5) is 25.6. The Morgan fingerprint density at radius 2 is 1.70 bits per heavy atom. The fourth-order valence-corrected chi connectivity index (χ4v) is 1.70. The van der Waals surface area contributed by atoms with Gasteiger partial charge in [0.05, 0.1) is 19.6 Å². The third-order valence-corrected chi connectivity index (χ3v) is 2.69. The van der Waals surface area contributed by atoms with Gasteiger partial charge in [0.1, 0.15) is 0 Å². The van der Waals surface area contributed by atoms with Crippen LogP contribution in [0.25, 0.3) is 0 Å². The van der Waals surface area contributed by atoms with Crippen molar-refractivity contribution >= 4 is 5.97 Å². The third-order valence-electron chi connectivity index (χ3n) is 2.69. The van der Waals surface area contributed by atoms with Gasteiger partial charge < -0.3 is 9.57 Å². The molecule has 0 unspecified atom stereocenters. The average molecular weight is 281 g/mol. The molecule has 6 heteroatoms. The van der Waals surface area contributed by atoms with Crippen LogP contribution in [0.5, 0.6) is 0 Å². The van der Waals surface area contributed by atoms with Crippen LogP contribution in [0.15, 0.2) is 30.3 Å². The lowest BCUT2D eigenvalue weighted by atomic mass is 10.1. The number of ether oxygens (including phenoxy) is 1. The molecule has 0 fully saturated rings. The Morgan fingerprint density at radius 3 is 2.35 bits per heavy atom. The van der Waals surface area contributed by atoms with Gasteiger partial charge in [-0.25, -0.2) is 0 Å². The van der Waals surface area contributed by atoms with E-state index in [0.29, 0.717) is 13.0 Å². The highest BCUT2D eigenvalue weighted by molar-refractivity contribution is 5.72. The molecular formula is C14H19NO5. The van der Waals surface area contributed by atoms with Crippen molar-refractivity contribution in [3.63, 3.8) is 0 Å². The molecule has 0 N–H and O–H groups in total. The molecule has 0 radical (unpaired) electrons. The van der Waals surface area contributed by atoms with Gasteiger partial charge in [-0.3, -0.25) is 4.79 Å². The largest absolute Gasteiger partial charge is 0.465 e. The first kappa shape index (κ1) is 15.9. The van der Waals surface area contributed by atoms with E-state index in [0.717, 1.165) is 24.8 Å². The normalized spacial score (nSPS) is 10.0. The van der Waals surface area contributed by atoms with Crippen LogP contribution in [-0.4, -0.2) is 24.3 Å². The number of hydrogen-bond donors (Lipinski definition) is 0. The molecule has 20 heavy (non-hydrogen) atoms. The molecular weight excluding hydrogens is 262 g/mol. The number of carbonyl (C=O) groups is 1. The van der Waals surface area contributed by atoms with Gasteiger partial charge in [0, 0.05) is 0 Å². The number of hydrogen-bond acceptors (Lipinski definition) is 5. The van der Waals surface area contributed by atoms with Gasteiger partial charge in [0.2, 0.25) is 0 Å². The molecule has 0 aliphatic heterocycles. The van der Waals surface area contributed by atoms with E-state index in [9.17, 15) is 14.9 Å². The van der Waals surface area contributed by atoms with Crippen molar-refractivity contribution in [2.45, 2.75) is 32.1 Å². The molecule has 1 rings (SSSR count). The summed E-state index contributed by atoms with van der Waals surface area (Å²) >= 11 is 0. The standard InChI is InChI=1S/C14H19NO5/c16-14(12-13-8-4-3-5-9-13)19-10-6-1-2-7-11-20-15(17)18/h3-5,8-9H,1-2,6-7,10-12H2. The summed E-state index contributed by atoms with van der Waals surface area (Å²) in [6.45, 7) is 0.516. The minimum Gasteiger partial charge on any atom is -0.465 e. The molecule has 6 nitrogen and oxygen atoms in total. The summed E-state index contributed by atoms with van der Waals surface area (Å²) in [6, 6.07) is 9.44. The molecule has 0 atom stereocenters. The van der Waals surface area contributed by atoms with Gasteiger partial charge in [0.25, 0.3) is 5.09 Å². The van der Waals surface area contributed by atoms with E-state index in [4.69, 9.17) is 4.74 Å². The smallest absolute Gasteiger partial charge is 0.310 e. The van der Waals surface area contributed by atoms with Crippen LogP contribution in [0, 0.1) is 10.1 Å². The summed E-state index contributed by atoms with van der Waals surface area (Å²) in [5.74, 6) is -0.229. The van der Waals surface area contributed by atoms with E-state index >= 15 is 0 Å². The van der Waals surface area contributed by atoms with Crippen molar-refractivity contribution in [1.82, 2.24) is 0 Å². The Hall–Kier alpha value is -2.11. The van der Waals surface area contributed by atoms with Crippen molar-refractivity contribution < 1.29 is 19.5 Å². The Kier molecular flexibility index (Phi) is 7.79. The minimum absolute atomic E-state index is 0.126. The molecule has 1 aromatic rings. The van der Waals surface area contributed by atoms with Crippen molar-refractivity contribution in [1.29, 1.82) is 0 Å². The van der Waals surface area contributed by atoms with Crippen molar-refractivity contribution in [2.24, 2.45) is 0 Å². The zero-order valence-electron chi connectivity index (χ0n) is 11.3. The predicted octanol–water partition coefficient (Wildman–Crippen LogP) is 2.54. The molecule has 0 amide bonds. The highest BCUT2D eigenvalue weighted by atomic mass is 16.9. The summed E-state index contributed by atoms with van der Waals surface area (Å²) in [5, 5.41) is 9.10. The molecule has 0 heterocycles. The maximum absolute atomic E-state index is 11.5. The number of unbranched alkanes of at least 4 members (excludes halogenated alkanes) is 3. The molecule has 0 bridgehead atoms. The first-order valence-electron chi connectivity index (χ1n) is 6.65. The molecule has 110 valence electrons. The van der Waals surface area contributed by atoms with E-state index < -0.39 is 5.09 Å². The minimum atomic E-state index is -0.786. The first-order valence-corrected chi connectivity index (χ1v) is 6.65. The summed E-state index contributed by atoms with van der Waals surface area (Å²) in [7, 11) is 0. The zero-order valence-corrected chi connectivity index (χ0v) is 11.3. The molecule has 0 aromatic heterocycles. The van der Waals surface area contributed by atoms with Gasteiger partial charge >= 0.3 is 5.97 Å². The van der Waals surface area contributed by atoms with Crippen molar-refractivity contribution in [3.8, 4) is 0 Å². The number of carbonyl (C=O) groups excluding carboxylic acids is 1. The first-order chi connectivity index (χ1) is 9.68. The van der Waals surface area contributed by atoms with E-state index in [2.05, 4.69) is 4.84 Å². The molecule has 0 saturated heterocycles. The van der Waals surface area contributed by atoms with Crippen LogP contribution < -0.4 is 0 Å². The van der Waals surface area contributed by atoms with Gasteiger partial charge in [-0.15, -0.1) is 10.1 Å². The van der Waals surface area contributed by atoms with Crippen LogP contribution in [0.4, 0.5) is 0 Å². The summed E-state index contributed by atoms with van der Waals surface area (Å²) in [5.41, 5.74) is 0.939. The fourth-order valence-electron chi connectivity index (χ4n) is 1.70. The Bertz CT molecular complexity index is 407. The van der Waals surface area contributed by atoms with E-state index in [1.165, 1.54) is 0 Å². The lowest BCUT2D eigenvalue weighted by molar-refractivity contribution is -0.757.